The summed E-state index contributed by atoms with van der Waals surface area (Å²) in [6.45, 7) is 6.10. The number of alkyl halides is 1. The number of methoxy groups -OCH3 is 1. The molecular weight excluding hydrogens is 236 g/mol. The molecule has 1 rings (SSSR count). The van der Waals surface area contributed by atoms with E-state index in [0.717, 1.165) is 0 Å². The molecule has 0 aliphatic rings. The quantitative estimate of drug-likeness (QED) is 0.875. The molecule has 18 heavy (non-hydrogen) atoms. The summed E-state index contributed by atoms with van der Waals surface area (Å²) in [5.74, 6) is -0.318. The number of nitrogens with one attached hydrogen (secondary N) is 1. The van der Waals surface area contributed by atoms with Crippen molar-refractivity contribution >= 4 is 0 Å². The first-order valence-corrected chi connectivity index (χ1v) is 6.04. The van der Waals surface area contributed by atoms with E-state index in [9.17, 15) is 8.78 Å². The van der Waals surface area contributed by atoms with Gasteiger partial charge in [0.05, 0.1) is 7.11 Å². The molecule has 0 heterocycles. The first kappa shape index (κ1) is 14.9. The third-order valence-corrected chi connectivity index (χ3v) is 2.56. The topological polar surface area (TPSA) is 21.3 Å². The van der Waals surface area contributed by atoms with Crippen molar-refractivity contribution in [1.82, 2.24) is 5.32 Å². The summed E-state index contributed by atoms with van der Waals surface area (Å²) < 4.78 is 32.4. The summed E-state index contributed by atoms with van der Waals surface area (Å²) >= 11 is 0. The smallest absolute Gasteiger partial charge is 0.168 e. The molecule has 0 fully saturated rings. The molecular formula is C14H21F2NO. The first-order valence-electron chi connectivity index (χ1n) is 6.04. The standard InChI is InChI=1S/C14H21F2NO/c1-14(2,3)17-9-11(15)8-10-6-5-7-12(18-4)13(10)16/h5-7,11,17H,8-9H2,1-4H3. The highest BCUT2D eigenvalue weighted by Crippen LogP contribution is 2.21. The van der Waals surface area contributed by atoms with E-state index in [4.69, 9.17) is 4.74 Å². The van der Waals surface area contributed by atoms with Gasteiger partial charge in [0.1, 0.15) is 6.17 Å². The molecule has 0 saturated carbocycles. The van der Waals surface area contributed by atoms with Crippen LogP contribution < -0.4 is 10.1 Å². The lowest BCUT2D eigenvalue weighted by Gasteiger charge is -2.22. The summed E-state index contributed by atoms with van der Waals surface area (Å²) in [4.78, 5) is 0. The maximum atomic E-state index is 13.8. The third kappa shape index (κ3) is 4.61. The maximum absolute atomic E-state index is 13.8. The van der Waals surface area contributed by atoms with Crippen LogP contribution in [0.4, 0.5) is 8.78 Å². The lowest BCUT2D eigenvalue weighted by Crippen LogP contribution is -2.40. The Morgan fingerprint density at radius 2 is 2.00 bits per heavy atom. The van der Waals surface area contributed by atoms with Crippen LogP contribution in [0.5, 0.6) is 5.75 Å². The molecule has 1 aromatic carbocycles. The fourth-order valence-corrected chi connectivity index (χ4v) is 1.60. The predicted octanol–water partition coefficient (Wildman–Crippen LogP) is 3.10. The lowest BCUT2D eigenvalue weighted by molar-refractivity contribution is 0.281. The van der Waals surface area contributed by atoms with E-state index in [1.54, 1.807) is 12.1 Å². The zero-order chi connectivity index (χ0) is 13.8. The van der Waals surface area contributed by atoms with E-state index in [0.29, 0.717) is 5.56 Å². The van der Waals surface area contributed by atoms with Crippen LogP contribution in [0.25, 0.3) is 0 Å². The zero-order valence-electron chi connectivity index (χ0n) is 11.4. The second-order valence-corrected chi connectivity index (χ2v) is 5.37. The number of rotatable bonds is 5. The molecule has 0 bridgehead atoms. The minimum Gasteiger partial charge on any atom is -0.494 e. The van der Waals surface area contributed by atoms with Gasteiger partial charge in [-0.1, -0.05) is 12.1 Å². The van der Waals surface area contributed by atoms with E-state index >= 15 is 0 Å². The summed E-state index contributed by atoms with van der Waals surface area (Å²) in [6, 6.07) is 4.78. The SMILES string of the molecule is COc1cccc(CC(F)CNC(C)(C)C)c1F. The molecule has 0 aliphatic heterocycles. The van der Waals surface area contributed by atoms with Crippen LogP contribution in [0.1, 0.15) is 26.3 Å². The van der Waals surface area contributed by atoms with Crippen LogP contribution in [-0.2, 0) is 6.42 Å². The minimum atomic E-state index is -1.12. The van der Waals surface area contributed by atoms with Crippen molar-refractivity contribution in [2.45, 2.75) is 38.9 Å². The van der Waals surface area contributed by atoms with Crippen LogP contribution in [0.15, 0.2) is 18.2 Å². The molecule has 0 saturated heterocycles. The van der Waals surface area contributed by atoms with Crippen molar-refractivity contribution in [3.8, 4) is 5.75 Å². The van der Waals surface area contributed by atoms with Gasteiger partial charge in [-0.3, -0.25) is 0 Å². The Morgan fingerprint density at radius 1 is 1.33 bits per heavy atom. The average molecular weight is 257 g/mol. The molecule has 2 nitrogen and oxygen atoms in total. The minimum absolute atomic E-state index is 0.0477. The Bertz CT molecular complexity index is 388. The second kappa shape index (κ2) is 6.14. The van der Waals surface area contributed by atoms with E-state index in [1.165, 1.54) is 13.2 Å². The van der Waals surface area contributed by atoms with Crippen molar-refractivity contribution < 1.29 is 13.5 Å². The number of halogens is 2. The van der Waals surface area contributed by atoms with Gasteiger partial charge in [-0.05, 0) is 32.4 Å². The van der Waals surface area contributed by atoms with E-state index in [-0.39, 0.29) is 24.3 Å². The highest BCUT2D eigenvalue weighted by molar-refractivity contribution is 5.31. The van der Waals surface area contributed by atoms with Gasteiger partial charge in [-0.2, -0.15) is 0 Å². The van der Waals surface area contributed by atoms with E-state index < -0.39 is 12.0 Å². The maximum Gasteiger partial charge on any atom is 0.168 e. The van der Waals surface area contributed by atoms with Crippen molar-refractivity contribution in [1.29, 1.82) is 0 Å². The van der Waals surface area contributed by atoms with Crippen molar-refractivity contribution in [2.75, 3.05) is 13.7 Å². The Hall–Kier alpha value is -1.16. The van der Waals surface area contributed by atoms with Crippen LogP contribution >= 0.6 is 0 Å². The Labute approximate surface area is 107 Å². The van der Waals surface area contributed by atoms with Gasteiger partial charge >= 0.3 is 0 Å². The van der Waals surface area contributed by atoms with Gasteiger partial charge in [0.15, 0.2) is 11.6 Å². The zero-order valence-corrected chi connectivity index (χ0v) is 11.4. The van der Waals surface area contributed by atoms with Gasteiger partial charge < -0.3 is 10.1 Å². The molecule has 4 heteroatoms. The molecule has 1 atom stereocenters. The molecule has 1 N–H and O–H groups in total. The first-order chi connectivity index (χ1) is 8.33. The third-order valence-electron chi connectivity index (χ3n) is 2.56. The van der Waals surface area contributed by atoms with Gasteiger partial charge in [0.25, 0.3) is 0 Å². The molecule has 1 unspecified atom stereocenters. The molecule has 1 aromatic rings. The van der Waals surface area contributed by atoms with Crippen LogP contribution in [0.3, 0.4) is 0 Å². The fraction of sp³-hybridized carbons (Fsp3) is 0.571. The predicted molar refractivity (Wildman–Crippen MR) is 69.3 cm³/mol. The van der Waals surface area contributed by atoms with Crippen molar-refractivity contribution in [3.63, 3.8) is 0 Å². The highest BCUT2D eigenvalue weighted by Gasteiger charge is 2.16. The highest BCUT2D eigenvalue weighted by atomic mass is 19.1. The van der Waals surface area contributed by atoms with Crippen LogP contribution in [-0.4, -0.2) is 25.4 Å². The van der Waals surface area contributed by atoms with Crippen molar-refractivity contribution in [2.24, 2.45) is 0 Å². The Kier molecular flexibility index (Phi) is 5.08. The number of hydrogen-bond donors (Lipinski definition) is 1. The van der Waals surface area contributed by atoms with Gasteiger partial charge in [-0.15, -0.1) is 0 Å². The number of hydrogen-bond acceptors (Lipinski definition) is 2. The van der Waals surface area contributed by atoms with Crippen LogP contribution in [0, 0.1) is 5.82 Å². The summed E-state index contributed by atoms with van der Waals surface area (Å²) in [6.07, 6.45) is -1.07. The number of ether oxygens (including phenoxy) is 1. The normalized spacial score (nSPS) is 13.4. The van der Waals surface area contributed by atoms with E-state index in [2.05, 4.69) is 5.32 Å². The summed E-state index contributed by atoms with van der Waals surface area (Å²) in [7, 11) is 1.40. The Morgan fingerprint density at radius 3 is 2.56 bits per heavy atom. The summed E-state index contributed by atoms with van der Waals surface area (Å²) in [5, 5.41) is 3.06. The van der Waals surface area contributed by atoms with Crippen LogP contribution in [0.2, 0.25) is 0 Å². The lowest BCUT2D eigenvalue weighted by atomic mass is 10.1. The van der Waals surface area contributed by atoms with Crippen molar-refractivity contribution in [3.05, 3.63) is 29.6 Å². The molecule has 102 valence electrons. The Balaban J connectivity index is 2.62. The summed E-state index contributed by atoms with van der Waals surface area (Å²) in [5.41, 5.74) is 0.203. The molecule has 0 radical (unpaired) electrons. The monoisotopic (exact) mass is 257 g/mol. The molecule has 0 aromatic heterocycles. The van der Waals surface area contributed by atoms with Gasteiger partial charge in [-0.25, -0.2) is 8.78 Å². The molecule has 0 aliphatic carbocycles. The molecule has 0 amide bonds. The average Bonchev–Trinajstić information content (AvgIpc) is 2.28. The number of benzene rings is 1. The fourth-order valence-electron chi connectivity index (χ4n) is 1.60. The van der Waals surface area contributed by atoms with Gasteiger partial charge in [0.2, 0.25) is 0 Å². The largest absolute Gasteiger partial charge is 0.494 e. The molecule has 0 spiro atoms. The second-order valence-electron chi connectivity index (χ2n) is 5.37. The van der Waals surface area contributed by atoms with Gasteiger partial charge in [0, 0.05) is 18.5 Å². The van der Waals surface area contributed by atoms with E-state index in [1.807, 2.05) is 20.8 Å².